The third-order valence-electron chi connectivity index (χ3n) is 2.84. The quantitative estimate of drug-likeness (QED) is 0.0257. The highest BCUT2D eigenvalue weighted by molar-refractivity contribution is 8.23. The van der Waals surface area contributed by atoms with E-state index in [-0.39, 0.29) is 6.61 Å². The Bertz CT molecular complexity index is 547. The SMILES string of the molecule is CSCSCN=COOCSCSCSCOC(=O)NCSCSCSCN=COOCCSCCO. The van der Waals surface area contributed by atoms with Gasteiger partial charge in [0.25, 0.3) is 0 Å². The molecule has 0 aliphatic carbocycles. The molecule has 218 valence electrons. The Morgan fingerprint density at radius 1 is 0.784 bits per heavy atom. The number of aliphatic hydroxyl groups is 1. The first-order valence-electron chi connectivity index (χ1n) is 10.5. The Morgan fingerprint density at radius 2 is 1.43 bits per heavy atom. The molecule has 0 rings (SSSR count). The second-order valence-corrected chi connectivity index (χ2v) is 16.2. The zero-order valence-electron chi connectivity index (χ0n) is 20.5. The molecule has 10 nitrogen and oxygen atoms in total. The molecule has 0 heterocycles. The molecule has 0 aliphatic rings. The Hall–Kier alpha value is 1.24. The van der Waals surface area contributed by atoms with Crippen LogP contribution in [0, 0.1) is 0 Å². The summed E-state index contributed by atoms with van der Waals surface area (Å²) in [6.45, 7) is 0.630. The molecule has 0 spiro atoms. The molecule has 0 aromatic rings. The second kappa shape index (κ2) is 35.3. The highest BCUT2D eigenvalue weighted by Crippen LogP contribution is 2.18. The molecule has 0 aliphatic heterocycles. The van der Waals surface area contributed by atoms with Gasteiger partial charge in [0.2, 0.25) is 12.8 Å². The number of rotatable bonds is 29. The molecule has 37 heavy (non-hydrogen) atoms. The van der Waals surface area contributed by atoms with Crippen LogP contribution in [0.5, 0.6) is 0 Å². The van der Waals surface area contributed by atoms with Gasteiger partial charge in [0, 0.05) is 36.9 Å². The van der Waals surface area contributed by atoms with Gasteiger partial charge in [0.15, 0.2) is 0 Å². The summed E-state index contributed by atoms with van der Waals surface area (Å²) < 4.78 is 5.13. The van der Waals surface area contributed by atoms with Crippen molar-refractivity contribution in [2.24, 2.45) is 9.98 Å². The molecule has 2 N–H and O–H groups in total. The van der Waals surface area contributed by atoms with Crippen molar-refractivity contribution in [3.05, 3.63) is 0 Å². The first-order chi connectivity index (χ1) is 18.3. The van der Waals surface area contributed by atoms with Gasteiger partial charge in [-0.25, -0.2) is 14.8 Å². The normalized spacial score (nSPS) is 11.4. The first-order valence-corrected chi connectivity index (χ1v) is 21.1. The summed E-state index contributed by atoms with van der Waals surface area (Å²) in [7, 11) is 0. The topological polar surface area (TPSA) is 120 Å². The average Bonchev–Trinajstić information content (AvgIpc) is 2.90. The maximum atomic E-state index is 11.7. The van der Waals surface area contributed by atoms with Gasteiger partial charge < -0.3 is 24.9 Å². The summed E-state index contributed by atoms with van der Waals surface area (Å²) in [5.74, 6) is 3.99. The van der Waals surface area contributed by atoms with Gasteiger partial charge in [0.05, 0.1) is 24.2 Å². The van der Waals surface area contributed by atoms with Crippen LogP contribution in [-0.2, 0) is 24.3 Å². The number of thioether (sulfide) groups is 9. The number of carbonyl (C=O) groups is 1. The van der Waals surface area contributed by atoms with E-state index in [1.54, 1.807) is 106 Å². The molecular weight excluding hydrogens is 659 g/mol. The van der Waals surface area contributed by atoms with Crippen molar-refractivity contribution in [2.75, 3.05) is 85.9 Å². The minimum Gasteiger partial charge on any atom is -0.438 e. The molecule has 0 saturated heterocycles. The van der Waals surface area contributed by atoms with Gasteiger partial charge in [0.1, 0.15) is 18.5 Å². The van der Waals surface area contributed by atoms with Crippen LogP contribution >= 0.6 is 106 Å². The van der Waals surface area contributed by atoms with Crippen LogP contribution in [0.4, 0.5) is 4.79 Å². The van der Waals surface area contributed by atoms with Crippen LogP contribution < -0.4 is 5.32 Å². The molecule has 0 atom stereocenters. The van der Waals surface area contributed by atoms with E-state index in [0.717, 1.165) is 31.2 Å². The van der Waals surface area contributed by atoms with E-state index in [0.29, 0.717) is 41.9 Å². The minimum atomic E-state index is -0.402. The molecular formula is C18H35N3O7S9. The second-order valence-electron chi connectivity index (χ2n) is 5.60. The number of nitrogens with one attached hydrogen (secondary N) is 1. The fourth-order valence-corrected chi connectivity index (χ4v) is 8.67. The highest BCUT2D eigenvalue weighted by Gasteiger charge is 2.01. The van der Waals surface area contributed by atoms with Crippen molar-refractivity contribution < 1.29 is 34.2 Å². The van der Waals surface area contributed by atoms with Gasteiger partial charge >= 0.3 is 6.09 Å². The van der Waals surface area contributed by atoms with Gasteiger partial charge in [-0.2, -0.15) is 33.3 Å². The van der Waals surface area contributed by atoms with Crippen LogP contribution in [0.15, 0.2) is 9.98 Å². The number of ether oxygens (including phenoxy) is 1. The van der Waals surface area contributed by atoms with E-state index in [9.17, 15) is 4.79 Å². The Balaban J connectivity index is 3.22. The molecule has 1 amide bonds. The molecule has 0 aromatic carbocycles. The third-order valence-corrected chi connectivity index (χ3v) is 12.3. The number of alkyl carbamates (subject to hydrolysis) is 1. The van der Waals surface area contributed by atoms with Crippen LogP contribution in [-0.4, -0.2) is 110 Å². The lowest BCUT2D eigenvalue weighted by Crippen LogP contribution is -2.23. The summed E-state index contributed by atoms with van der Waals surface area (Å²) in [6, 6.07) is 0. The van der Waals surface area contributed by atoms with Crippen molar-refractivity contribution in [3.8, 4) is 0 Å². The summed E-state index contributed by atoms with van der Waals surface area (Å²) in [4.78, 5) is 39.3. The number of hydrogen-bond donors (Lipinski definition) is 2. The molecule has 0 unspecified atom stereocenters. The van der Waals surface area contributed by atoms with Crippen LogP contribution in [0.1, 0.15) is 0 Å². The fraction of sp³-hybridized carbons (Fsp3) is 0.833. The molecule has 0 saturated carbocycles. The lowest BCUT2D eigenvalue weighted by atomic mass is 10.9. The lowest BCUT2D eigenvalue weighted by Gasteiger charge is -2.06. The van der Waals surface area contributed by atoms with Crippen molar-refractivity contribution in [3.63, 3.8) is 0 Å². The Kier molecular flexibility index (Phi) is 36.4. The van der Waals surface area contributed by atoms with E-state index in [2.05, 4.69) is 21.6 Å². The summed E-state index contributed by atoms with van der Waals surface area (Å²) in [5.41, 5.74) is 0. The zero-order valence-corrected chi connectivity index (χ0v) is 27.9. The van der Waals surface area contributed by atoms with Gasteiger partial charge in [-0.1, -0.05) is 0 Å². The number of amides is 1. The van der Waals surface area contributed by atoms with Crippen molar-refractivity contribution >= 4 is 125 Å². The lowest BCUT2D eigenvalue weighted by molar-refractivity contribution is -0.210. The maximum absolute atomic E-state index is 11.7. The van der Waals surface area contributed by atoms with E-state index in [1.807, 2.05) is 0 Å². The minimum absolute atomic E-state index is 0.174. The Labute approximate surface area is 258 Å². The van der Waals surface area contributed by atoms with Crippen molar-refractivity contribution in [1.29, 1.82) is 0 Å². The van der Waals surface area contributed by atoms with Crippen molar-refractivity contribution in [2.45, 2.75) is 0 Å². The number of aliphatic imine (C=N–C) groups is 2. The zero-order chi connectivity index (χ0) is 26.9. The molecule has 0 fully saturated rings. The van der Waals surface area contributed by atoms with E-state index < -0.39 is 6.09 Å². The van der Waals surface area contributed by atoms with Crippen molar-refractivity contribution in [1.82, 2.24) is 5.32 Å². The predicted molar refractivity (Wildman–Crippen MR) is 176 cm³/mol. The largest absolute Gasteiger partial charge is 0.438 e. The number of hydrogen-bond acceptors (Lipinski definition) is 18. The first kappa shape index (κ1) is 38.2. The fourth-order valence-electron chi connectivity index (χ4n) is 1.48. The van der Waals surface area contributed by atoms with E-state index in [4.69, 9.17) is 29.4 Å². The molecule has 0 bridgehead atoms. The molecule has 19 heteroatoms. The van der Waals surface area contributed by atoms with E-state index >= 15 is 0 Å². The van der Waals surface area contributed by atoms with Gasteiger partial charge in [-0.3, -0.25) is 0 Å². The monoisotopic (exact) mass is 693 g/mol. The van der Waals surface area contributed by atoms with E-state index in [1.165, 1.54) is 12.8 Å². The average molecular weight is 694 g/mol. The smallest absolute Gasteiger partial charge is 0.408 e. The van der Waals surface area contributed by atoms with Gasteiger partial charge in [-0.15, -0.1) is 82.3 Å². The summed E-state index contributed by atoms with van der Waals surface area (Å²) in [6.07, 6.45) is 4.28. The van der Waals surface area contributed by atoms with Crippen LogP contribution in [0.25, 0.3) is 0 Å². The predicted octanol–water partition coefficient (Wildman–Crippen LogP) is 5.46. The standard InChI is InChI=1S/C18H35N3O7S9/c1-29-13-31-8-20-7-27-28-12-35-17-37-16-34-11-24-18(23)21-10-33-15-36-14-32-9-19-6-26-25-3-5-30-4-2-22/h6-7,22H,2-5,8-17H2,1H3,(H,21,23). The number of aliphatic hydroxyl groups excluding tert-OH is 1. The summed E-state index contributed by atoms with van der Waals surface area (Å²) in [5, 5.41) is 15.8. The van der Waals surface area contributed by atoms with Gasteiger partial charge in [-0.05, 0) is 6.26 Å². The number of carbonyl (C=O) groups excluding carboxylic acids is 1. The third kappa shape index (κ3) is 35.2. The maximum Gasteiger partial charge on any atom is 0.408 e. The summed E-state index contributed by atoms with van der Waals surface area (Å²) >= 11 is 15.0. The van der Waals surface area contributed by atoms with Crippen LogP contribution in [0.2, 0.25) is 0 Å². The molecule has 0 radical (unpaired) electrons. The molecule has 0 aromatic heterocycles. The van der Waals surface area contributed by atoms with Crippen LogP contribution in [0.3, 0.4) is 0 Å². The highest BCUT2D eigenvalue weighted by atomic mass is 32.2. The Morgan fingerprint density at radius 3 is 2.16 bits per heavy atom. The number of nitrogens with zero attached hydrogens (tertiary/aromatic N) is 2.